The Labute approximate surface area is 179 Å². The minimum atomic E-state index is -0.439. The highest BCUT2D eigenvalue weighted by atomic mass is 16.6. The highest BCUT2D eigenvalue weighted by Crippen LogP contribution is 2.32. The first-order valence-corrected chi connectivity index (χ1v) is 9.61. The van der Waals surface area contributed by atoms with E-state index in [-0.39, 0.29) is 41.5 Å². The molecule has 0 unspecified atom stereocenters. The van der Waals surface area contributed by atoms with E-state index >= 15 is 0 Å². The van der Waals surface area contributed by atoms with Crippen LogP contribution in [-0.4, -0.2) is 64.5 Å². The molecule has 0 bridgehead atoms. The molecular weight excluding hydrogens is 400 g/mol. The Kier molecular flexibility index (Phi) is 6.50. The monoisotopic (exact) mass is 422 g/mol. The first-order valence-electron chi connectivity index (χ1n) is 9.61. The fraction of sp³-hybridized carbons (Fsp3) is 0.350. The van der Waals surface area contributed by atoms with Gasteiger partial charge in [-0.1, -0.05) is 6.07 Å². The molecule has 0 amide bonds. The summed E-state index contributed by atoms with van der Waals surface area (Å²) in [5.41, 5.74) is 6.93. The molecule has 1 fully saturated rings. The Hall–Kier alpha value is -3.93. The van der Waals surface area contributed by atoms with Gasteiger partial charge < -0.3 is 20.6 Å². The fourth-order valence-electron chi connectivity index (χ4n) is 3.45. The molecule has 1 aliphatic heterocycles. The molecule has 1 aromatic heterocycles. The van der Waals surface area contributed by atoms with E-state index in [0.29, 0.717) is 24.3 Å². The van der Waals surface area contributed by atoms with Gasteiger partial charge in [0.15, 0.2) is 0 Å². The molecule has 0 saturated carbocycles. The molecule has 0 atom stereocenters. The zero-order valence-corrected chi connectivity index (χ0v) is 17.0. The molecule has 0 aliphatic carbocycles. The predicted octanol–water partition coefficient (Wildman–Crippen LogP) is 1.05. The first kappa shape index (κ1) is 21.8. The lowest BCUT2D eigenvalue weighted by Gasteiger charge is -2.33. The van der Waals surface area contributed by atoms with Crippen LogP contribution in [0.5, 0.6) is 0 Å². The van der Waals surface area contributed by atoms with Gasteiger partial charge >= 0.3 is 0 Å². The van der Waals surface area contributed by atoms with Gasteiger partial charge in [0.05, 0.1) is 23.6 Å². The highest BCUT2D eigenvalue weighted by molar-refractivity contribution is 5.92. The molecule has 31 heavy (non-hydrogen) atoms. The molecule has 3 N–H and O–H groups in total. The van der Waals surface area contributed by atoms with Crippen molar-refractivity contribution in [3.05, 3.63) is 45.1 Å². The Morgan fingerprint density at radius 2 is 2.06 bits per heavy atom. The Bertz CT molecular complexity index is 1100. The molecule has 0 spiro atoms. The van der Waals surface area contributed by atoms with Gasteiger partial charge in [0.2, 0.25) is 0 Å². The molecule has 3 rings (SSSR count). The number of nitrogens with zero attached hydrogens (tertiary/aromatic N) is 7. The van der Waals surface area contributed by atoms with E-state index in [2.05, 4.69) is 10.00 Å². The lowest BCUT2D eigenvalue weighted by Crippen LogP contribution is -2.44. The fourth-order valence-corrected chi connectivity index (χ4v) is 3.45. The number of piperazine rings is 1. The number of nitro groups is 1. The number of rotatable bonds is 6. The largest absolute Gasteiger partial charge is 0.394 e. The molecule has 1 saturated heterocycles. The highest BCUT2D eigenvalue weighted by Gasteiger charge is 2.24. The van der Waals surface area contributed by atoms with Crippen LogP contribution in [0.3, 0.4) is 0 Å². The summed E-state index contributed by atoms with van der Waals surface area (Å²) in [6.45, 7) is 2.83. The smallest absolute Gasteiger partial charge is 0.293 e. The Morgan fingerprint density at radius 3 is 2.65 bits per heavy atom. The van der Waals surface area contributed by atoms with Crippen molar-refractivity contribution in [3.8, 4) is 12.1 Å². The lowest BCUT2D eigenvalue weighted by atomic mass is 10.0. The van der Waals surface area contributed by atoms with Crippen molar-refractivity contribution < 1.29 is 10.0 Å². The van der Waals surface area contributed by atoms with Crippen molar-refractivity contribution in [1.29, 1.82) is 10.5 Å². The van der Waals surface area contributed by atoms with E-state index < -0.39 is 4.92 Å². The number of anilines is 2. The maximum atomic E-state index is 11.7. The number of nitro benzene ring substituents is 1. The molecule has 2 heterocycles. The summed E-state index contributed by atoms with van der Waals surface area (Å²) in [7, 11) is 2.01. The van der Waals surface area contributed by atoms with Gasteiger partial charge in [0, 0.05) is 32.2 Å². The Balaban J connectivity index is 2.02. The second kappa shape index (κ2) is 9.26. The lowest BCUT2D eigenvalue weighted by molar-refractivity contribution is -0.384. The molecule has 0 radical (unpaired) electrons. The second-order valence-corrected chi connectivity index (χ2v) is 7.13. The molecule has 2 aromatic rings. The van der Waals surface area contributed by atoms with Gasteiger partial charge in [0.25, 0.3) is 5.69 Å². The topological polar surface area (TPSA) is 161 Å². The number of hydrogen-bond acceptors (Lipinski definition) is 9. The van der Waals surface area contributed by atoms with Crippen LogP contribution in [0.25, 0.3) is 11.6 Å². The first-order chi connectivity index (χ1) is 14.9. The van der Waals surface area contributed by atoms with Crippen molar-refractivity contribution >= 4 is 28.8 Å². The SMILES string of the molecule is CN1CCN(c2ccc(C=C(C#N)c3nn(CCO)c(N)c3C#N)cc2[N+](=O)[O-])CC1. The summed E-state index contributed by atoms with van der Waals surface area (Å²) >= 11 is 0. The van der Waals surface area contributed by atoms with Crippen LogP contribution in [0.15, 0.2) is 18.2 Å². The molecule has 11 nitrogen and oxygen atoms in total. The summed E-state index contributed by atoms with van der Waals surface area (Å²) in [6, 6.07) is 8.69. The number of nitriles is 2. The summed E-state index contributed by atoms with van der Waals surface area (Å²) in [5.74, 6) is 0.0455. The van der Waals surface area contributed by atoms with Crippen LogP contribution in [0.2, 0.25) is 0 Å². The average Bonchev–Trinajstić information content (AvgIpc) is 3.08. The molecule has 11 heteroatoms. The Morgan fingerprint density at radius 1 is 1.35 bits per heavy atom. The number of allylic oxidation sites excluding steroid dienone is 1. The van der Waals surface area contributed by atoms with E-state index in [1.54, 1.807) is 12.1 Å². The van der Waals surface area contributed by atoms with Crippen molar-refractivity contribution in [3.63, 3.8) is 0 Å². The van der Waals surface area contributed by atoms with Gasteiger partial charge in [-0.2, -0.15) is 15.6 Å². The number of nitrogen functional groups attached to an aromatic ring is 1. The zero-order chi connectivity index (χ0) is 22.5. The van der Waals surface area contributed by atoms with Crippen LogP contribution in [0.1, 0.15) is 16.8 Å². The standard InChI is InChI=1S/C20H22N8O3/c1-25-4-6-26(7-5-25)17-3-2-14(11-18(17)28(30)31)10-15(12-21)19-16(13-22)20(23)27(24-19)8-9-29/h2-3,10-11,29H,4-9,23H2,1H3. The van der Waals surface area contributed by atoms with E-state index in [4.69, 9.17) is 10.8 Å². The van der Waals surface area contributed by atoms with E-state index in [1.165, 1.54) is 16.8 Å². The normalized spacial score (nSPS) is 14.8. The van der Waals surface area contributed by atoms with Crippen LogP contribution < -0.4 is 10.6 Å². The maximum absolute atomic E-state index is 11.7. The number of benzene rings is 1. The number of hydrogen-bond donors (Lipinski definition) is 2. The van der Waals surface area contributed by atoms with E-state index in [9.17, 15) is 20.6 Å². The third-order valence-corrected chi connectivity index (χ3v) is 5.14. The predicted molar refractivity (Wildman–Crippen MR) is 115 cm³/mol. The second-order valence-electron chi connectivity index (χ2n) is 7.13. The third kappa shape index (κ3) is 4.48. The zero-order valence-electron chi connectivity index (χ0n) is 17.0. The average molecular weight is 422 g/mol. The summed E-state index contributed by atoms with van der Waals surface area (Å²) in [6.07, 6.45) is 1.44. The van der Waals surface area contributed by atoms with Crippen molar-refractivity contribution in [2.45, 2.75) is 6.54 Å². The van der Waals surface area contributed by atoms with E-state index in [1.807, 2.05) is 24.1 Å². The number of aromatic nitrogens is 2. The van der Waals surface area contributed by atoms with Gasteiger partial charge in [-0.15, -0.1) is 0 Å². The summed E-state index contributed by atoms with van der Waals surface area (Å²) in [4.78, 5) is 15.4. The minimum Gasteiger partial charge on any atom is -0.394 e. The number of likely N-dealkylation sites (N-methyl/N-ethyl adjacent to an activating group) is 1. The van der Waals surface area contributed by atoms with Crippen molar-refractivity contribution in [2.24, 2.45) is 0 Å². The number of aliphatic hydroxyl groups is 1. The van der Waals surface area contributed by atoms with Gasteiger partial charge in [-0.05, 0) is 24.8 Å². The minimum absolute atomic E-state index is 0.0183. The third-order valence-electron chi connectivity index (χ3n) is 5.14. The van der Waals surface area contributed by atoms with Crippen LogP contribution in [0, 0.1) is 32.8 Å². The summed E-state index contributed by atoms with van der Waals surface area (Å²) < 4.78 is 1.25. The van der Waals surface area contributed by atoms with E-state index in [0.717, 1.165) is 13.1 Å². The quantitative estimate of drug-likeness (QED) is 0.394. The van der Waals surface area contributed by atoms with Crippen LogP contribution in [-0.2, 0) is 6.54 Å². The number of nitrogens with two attached hydrogens (primary N) is 1. The summed E-state index contributed by atoms with van der Waals surface area (Å²) in [5, 5.41) is 44.1. The molecule has 1 aliphatic rings. The molecule has 160 valence electrons. The van der Waals surface area contributed by atoms with Crippen LogP contribution >= 0.6 is 0 Å². The van der Waals surface area contributed by atoms with Gasteiger partial charge in [-0.25, -0.2) is 4.68 Å². The maximum Gasteiger partial charge on any atom is 0.293 e. The van der Waals surface area contributed by atoms with Gasteiger partial charge in [-0.3, -0.25) is 10.1 Å². The van der Waals surface area contributed by atoms with Crippen molar-refractivity contribution in [2.75, 3.05) is 50.5 Å². The molecular formula is C20H22N8O3. The number of aliphatic hydroxyl groups excluding tert-OH is 1. The van der Waals surface area contributed by atoms with Gasteiger partial charge in [0.1, 0.15) is 34.9 Å². The molecule has 1 aromatic carbocycles. The van der Waals surface area contributed by atoms with Crippen LogP contribution in [0.4, 0.5) is 17.2 Å². The van der Waals surface area contributed by atoms with Crippen molar-refractivity contribution in [1.82, 2.24) is 14.7 Å².